The second kappa shape index (κ2) is 6.46. The predicted molar refractivity (Wildman–Crippen MR) is 71.2 cm³/mol. The Kier molecular flexibility index (Phi) is 5.57. The fraction of sp³-hybridized carbons (Fsp3) is 0.667. The van der Waals surface area contributed by atoms with E-state index in [0.717, 1.165) is 13.0 Å². The van der Waals surface area contributed by atoms with E-state index >= 15 is 0 Å². The van der Waals surface area contributed by atoms with E-state index in [1.54, 1.807) is 11.3 Å². The monoisotopic (exact) mass is 242 g/mol. The summed E-state index contributed by atoms with van der Waals surface area (Å²) < 4.78 is 6.05. The lowest BCUT2D eigenvalue weighted by Gasteiger charge is -2.22. The molecule has 0 aliphatic rings. The van der Waals surface area contributed by atoms with Gasteiger partial charge in [-0.25, -0.2) is 0 Å². The van der Waals surface area contributed by atoms with Crippen LogP contribution in [0.25, 0.3) is 0 Å². The molecule has 0 saturated carbocycles. The molecule has 0 aliphatic carbocycles. The minimum absolute atomic E-state index is 0.902. The third-order valence-electron chi connectivity index (χ3n) is 2.60. The first kappa shape index (κ1) is 12.9. The SMILES string of the molecule is CCCC[Si](C)(C)OCCc1ccsc1. The summed E-state index contributed by atoms with van der Waals surface area (Å²) in [6.07, 6.45) is 3.67. The molecule has 0 N–H and O–H groups in total. The quantitative estimate of drug-likeness (QED) is 0.647. The van der Waals surface area contributed by atoms with Crippen LogP contribution in [-0.4, -0.2) is 14.9 Å². The first-order valence-electron chi connectivity index (χ1n) is 5.79. The van der Waals surface area contributed by atoms with Gasteiger partial charge in [0.15, 0.2) is 8.32 Å². The summed E-state index contributed by atoms with van der Waals surface area (Å²) >= 11 is 1.77. The van der Waals surface area contributed by atoms with Crippen molar-refractivity contribution in [2.75, 3.05) is 6.61 Å². The molecule has 0 spiro atoms. The summed E-state index contributed by atoms with van der Waals surface area (Å²) in [7, 11) is -1.35. The van der Waals surface area contributed by atoms with E-state index in [9.17, 15) is 0 Å². The molecule has 0 radical (unpaired) electrons. The zero-order chi connectivity index (χ0) is 11.1. The Morgan fingerprint density at radius 2 is 2.20 bits per heavy atom. The molecule has 86 valence electrons. The first-order chi connectivity index (χ1) is 7.14. The maximum atomic E-state index is 6.05. The third-order valence-corrected chi connectivity index (χ3v) is 5.87. The summed E-state index contributed by atoms with van der Waals surface area (Å²) in [6.45, 7) is 7.81. The molecule has 0 bridgehead atoms. The van der Waals surface area contributed by atoms with Gasteiger partial charge in [0.2, 0.25) is 0 Å². The number of thiophene rings is 1. The van der Waals surface area contributed by atoms with Crippen molar-refractivity contribution in [2.45, 2.75) is 45.3 Å². The lowest BCUT2D eigenvalue weighted by atomic mass is 10.3. The summed E-state index contributed by atoms with van der Waals surface area (Å²) in [6, 6.07) is 3.49. The number of hydrogen-bond donors (Lipinski definition) is 0. The zero-order valence-corrected chi connectivity index (χ0v) is 11.9. The second-order valence-electron chi connectivity index (χ2n) is 4.59. The van der Waals surface area contributed by atoms with Crippen LogP contribution in [0.15, 0.2) is 16.8 Å². The van der Waals surface area contributed by atoms with Crippen LogP contribution >= 0.6 is 11.3 Å². The van der Waals surface area contributed by atoms with Crippen LogP contribution in [0.2, 0.25) is 19.1 Å². The Labute approximate surface area is 98.6 Å². The fourth-order valence-electron chi connectivity index (χ4n) is 1.55. The van der Waals surface area contributed by atoms with Crippen molar-refractivity contribution in [2.24, 2.45) is 0 Å². The van der Waals surface area contributed by atoms with Crippen LogP contribution in [0.4, 0.5) is 0 Å². The van der Waals surface area contributed by atoms with Crippen LogP contribution in [0.3, 0.4) is 0 Å². The molecule has 0 fully saturated rings. The average molecular weight is 242 g/mol. The Morgan fingerprint density at radius 3 is 2.80 bits per heavy atom. The van der Waals surface area contributed by atoms with E-state index in [4.69, 9.17) is 4.43 Å². The van der Waals surface area contributed by atoms with Crippen molar-refractivity contribution >= 4 is 19.7 Å². The van der Waals surface area contributed by atoms with Crippen LogP contribution in [0.1, 0.15) is 25.3 Å². The van der Waals surface area contributed by atoms with Gasteiger partial charge in [-0.15, -0.1) is 0 Å². The second-order valence-corrected chi connectivity index (χ2v) is 9.68. The van der Waals surface area contributed by atoms with Crippen molar-refractivity contribution in [3.05, 3.63) is 22.4 Å². The van der Waals surface area contributed by atoms with E-state index in [2.05, 4.69) is 36.8 Å². The molecule has 0 aromatic carbocycles. The molecule has 0 amide bonds. The highest BCUT2D eigenvalue weighted by molar-refractivity contribution is 7.07. The van der Waals surface area contributed by atoms with E-state index in [0.29, 0.717) is 0 Å². The molecule has 1 heterocycles. The van der Waals surface area contributed by atoms with Gasteiger partial charge in [0.1, 0.15) is 0 Å². The number of unbranched alkanes of at least 4 members (excludes halogenated alkanes) is 1. The van der Waals surface area contributed by atoms with Crippen molar-refractivity contribution in [3.8, 4) is 0 Å². The van der Waals surface area contributed by atoms with Gasteiger partial charge in [0.05, 0.1) is 0 Å². The van der Waals surface area contributed by atoms with Gasteiger partial charge in [-0.05, 0) is 47.9 Å². The highest BCUT2D eigenvalue weighted by Crippen LogP contribution is 2.16. The Balaban J connectivity index is 2.18. The van der Waals surface area contributed by atoms with Crippen molar-refractivity contribution in [1.29, 1.82) is 0 Å². The van der Waals surface area contributed by atoms with Crippen molar-refractivity contribution < 1.29 is 4.43 Å². The van der Waals surface area contributed by atoms with Crippen molar-refractivity contribution in [3.63, 3.8) is 0 Å². The van der Waals surface area contributed by atoms with Gasteiger partial charge >= 0.3 is 0 Å². The van der Waals surface area contributed by atoms with E-state index in [-0.39, 0.29) is 0 Å². The van der Waals surface area contributed by atoms with E-state index in [1.807, 2.05) is 0 Å². The van der Waals surface area contributed by atoms with E-state index < -0.39 is 8.32 Å². The number of rotatable bonds is 7. The lowest BCUT2D eigenvalue weighted by molar-refractivity contribution is 0.310. The fourth-order valence-corrected chi connectivity index (χ4v) is 4.26. The van der Waals surface area contributed by atoms with Crippen LogP contribution < -0.4 is 0 Å². The van der Waals surface area contributed by atoms with Gasteiger partial charge in [-0.3, -0.25) is 0 Å². The zero-order valence-electron chi connectivity index (χ0n) is 10.1. The molecule has 3 heteroatoms. The molecule has 1 nitrogen and oxygen atoms in total. The molecule has 0 atom stereocenters. The molecular formula is C12H22OSSi. The maximum Gasteiger partial charge on any atom is 0.186 e. The molecule has 1 aromatic rings. The predicted octanol–water partition coefficient (Wildman–Crippen LogP) is 4.31. The number of hydrogen-bond acceptors (Lipinski definition) is 2. The maximum absolute atomic E-state index is 6.05. The molecule has 1 rings (SSSR count). The van der Waals surface area contributed by atoms with Crippen LogP contribution in [0, 0.1) is 0 Å². The minimum atomic E-state index is -1.35. The molecule has 0 saturated heterocycles. The summed E-state index contributed by atoms with van der Waals surface area (Å²) in [4.78, 5) is 0. The topological polar surface area (TPSA) is 9.23 Å². The van der Waals surface area contributed by atoms with Gasteiger partial charge in [0.25, 0.3) is 0 Å². The normalized spacial score (nSPS) is 11.9. The largest absolute Gasteiger partial charge is 0.417 e. The van der Waals surface area contributed by atoms with Crippen LogP contribution in [0.5, 0.6) is 0 Å². The summed E-state index contributed by atoms with van der Waals surface area (Å²) in [5.41, 5.74) is 1.42. The average Bonchev–Trinajstić information content (AvgIpc) is 2.67. The highest BCUT2D eigenvalue weighted by atomic mass is 32.1. The van der Waals surface area contributed by atoms with Crippen molar-refractivity contribution in [1.82, 2.24) is 0 Å². The molecule has 15 heavy (non-hydrogen) atoms. The highest BCUT2D eigenvalue weighted by Gasteiger charge is 2.20. The molecular weight excluding hydrogens is 220 g/mol. The smallest absolute Gasteiger partial charge is 0.186 e. The standard InChI is InChI=1S/C12H22OSSi/c1-4-5-10-15(2,3)13-8-6-12-7-9-14-11-12/h7,9,11H,4-6,8,10H2,1-3H3. The summed E-state index contributed by atoms with van der Waals surface area (Å²) in [5, 5.41) is 4.35. The molecule has 1 aromatic heterocycles. The van der Waals surface area contributed by atoms with Gasteiger partial charge in [0, 0.05) is 6.61 Å². The van der Waals surface area contributed by atoms with Gasteiger partial charge in [-0.1, -0.05) is 19.8 Å². The first-order valence-corrected chi connectivity index (χ1v) is 9.85. The Bertz CT molecular complexity index is 257. The third kappa shape index (κ3) is 5.49. The molecule has 0 unspecified atom stereocenters. The van der Waals surface area contributed by atoms with Gasteiger partial charge in [-0.2, -0.15) is 11.3 Å². The Morgan fingerprint density at radius 1 is 1.40 bits per heavy atom. The lowest BCUT2D eigenvalue weighted by Crippen LogP contribution is -2.30. The van der Waals surface area contributed by atoms with Crippen LogP contribution in [-0.2, 0) is 10.8 Å². The van der Waals surface area contributed by atoms with Gasteiger partial charge < -0.3 is 4.43 Å². The van der Waals surface area contributed by atoms with E-state index in [1.165, 1.54) is 24.4 Å². The minimum Gasteiger partial charge on any atom is -0.417 e. The Hall–Kier alpha value is -0.123. The summed E-state index contributed by atoms with van der Waals surface area (Å²) in [5.74, 6) is 0. The molecule has 0 aliphatic heterocycles.